The minimum atomic E-state index is -0.350. The fourth-order valence-corrected chi connectivity index (χ4v) is 8.67. The zero-order chi connectivity index (χ0) is 35.3. The molecular formula is C47H33N5O. The first-order valence-electron chi connectivity index (χ1n) is 18.0. The molecule has 0 bridgehead atoms. The van der Waals surface area contributed by atoms with Crippen LogP contribution in [0.2, 0.25) is 0 Å². The third-order valence-electron chi connectivity index (χ3n) is 11.0. The molecule has 6 nitrogen and oxygen atoms in total. The molecule has 0 radical (unpaired) electrons. The Bertz CT molecular complexity index is 3080. The molecule has 0 saturated carbocycles. The lowest BCUT2D eigenvalue weighted by atomic mass is 9.74. The topological polar surface area (TPSA) is 47.6 Å². The lowest BCUT2D eigenvalue weighted by Gasteiger charge is -2.41. The number of pyridine rings is 2. The second kappa shape index (κ2) is 11.0. The summed E-state index contributed by atoms with van der Waals surface area (Å²) < 4.78 is 11.2. The molecular weight excluding hydrogens is 651 g/mol. The molecule has 0 saturated heterocycles. The highest BCUT2D eigenvalue weighted by Gasteiger charge is 2.40. The van der Waals surface area contributed by atoms with E-state index in [2.05, 4.69) is 173 Å². The fourth-order valence-electron chi connectivity index (χ4n) is 8.67. The van der Waals surface area contributed by atoms with Crippen LogP contribution in [-0.2, 0) is 5.41 Å². The van der Waals surface area contributed by atoms with Gasteiger partial charge in [-0.2, -0.15) is 0 Å². The van der Waals surface area contributed by atoms with Crippen molar-refractivity contribution in [3.05, 3.63) is 175 Å². The molecule has 4 aromatic heterocycles. The number of ether oxygens (including phenoxy) is 1. The molecule has 11 rings (SSSR count). The number of para-hydroxylation sites is 4. The molecule has 1 aliphatic rings. The highest BCUT2D eigenvalue weighted by atomic mass is 16.5. The zero-order valence-corrected chi connectivity index (χ0v) is 29.2. The highest BCUT2D eigenvalue weighted by Crippen LogP contribution is 2.54. The first-order chi connectivity index (χ1) is 26.1. The molecule has 0 N–H and O–H groups in total. The van der Waals surface area contributed by atoms with Crippen molar-refractivity contribution in [2.45, 2.75) is 19.3 Å². The van der Waals surface area contributed by atoms with Crippen LogP contribution in [-0.4, -0.2) is 18.9 Å². The first kappa shape index (κ1) is 29.8. The Morgan fingerprint density at radius 3 is 2.15 bits per heavy atom. The van der Waals surface area contributed by atoms with E-state index >= 15 is 0 Å². The molecule has 6 aromatic carbocycles. The van der Waals surface area contributed by atoms with Crippen molar-refractivity contribution >= 4 is 66.3 Å². The molecule has 6 heteroatoms. The number of nitrogens with zero attached hydrogens (tertiary/aromatic N) is 5. The van der Waals surface area contributed by atoms with Crippen LogP contribution in [0, 0.1) is 0 Å². The number of benzene rings is 6. The summed E-state index contributed by atoms with van der Waals surface area (Å²) in [6.45, 7) is 4.66. The lowest BCUT2D eigenvalue weighted by molar-refractivity contribution is 0.483. The van der Waals surface area contributed by atoms with Gasteiger partial charge in [0.25, 0.3) is 0 Å². The van der Waals surface area contributed by atoms with Gasteiger partial charge in [0.1, 0.15) is 23.0 Å². The molecule has 53 heavy (non-hydrogen) atoms. The SMILES string of the molecule is CC1(C)c2ccccc2N(c2cccc(Oc3ccc4c5ccccc5n5ccnc5c4c3)c2)c2ncc3c4ccccc4n(-c4ccccc4)c3c21. The van der Waals surface area contributed by atoms with Gasteiger partial charge in [-0.15, -0.1) is 0 Å². The molecule has 0 unspecified atom stereocenters. The molecule has 0 spiro atoms. The van der Waals surface area contributed by atoms with Gasteiger partial charge in [0.2, 0.25) is 0 Å². The predicted octanol–water partition coefficient (Wildman–Crippen LogP) is 12.0. The van der Waals surface area contributed by atoms with E-state index in [0.717, 1.165) is 67.2 Å². The fraction of sp³-hybridized carbons (Fsp3) is 0.0638. The summed E-state index contributed by atoms with van der Waals surface area (Å²) in [4.78, 5) is 12.3. The Kier molecular flexibility index (Phi) is 6.20. The van der Waals surface area contributed by atoms with Gasteiger partial charge in [-0.1, -0.05) is 92.7 Å². The van der Waals surface area contributed by atoms with Crippen LogP contribution in [0.4, 0.5) is 17.2 Å². The standard InChI is InChI=1S/C47H33N5O/c1-47(2)39-19-8-11-22-42(39)52(46-43(47)44-38(29-49-46)36-18-7-10-21-41(36)51(44)30-13-4-3-5-14-30)31-15-12-16-32(27-31)53-33-23-24-34-35-17-6-9-20-40(35)50-26-25-48-45(50)37(34)28-33/h3-29H,1-2H3. The van der Waals surface area contributed by atoms with E-state index in [1.807, 2.05) is 18.5 Å². The maximum absolute atomic E-state index is 6.67. The van der Waals surface area contributed by atoms with Crippen LogP contribution in [0.1, 0.15) is 25.0 Å². The van der Waals surface area contributed by atoms with E-state index in [1.165, 1.54) is 27.4 Å². The van der Waals surface area contributed by atoms with Gasteiger partial charge in [-0.05, 0) is 71.6 Å². The smallest absolute Gasteiger partial charge is 0.145 e. The van der Waals surface area contributed by atoms with Crippen LogP contribution in [0.5, 0.6) is 11.5 Å². The second-order valence-electron chi connectivity index (χ2n) is 14.3. The van der Waals surface area contributed by atoms with Gasteiger partial charge in [-0.25, -0.2) is 9.97 Å². The van der Waals surface area contributed by atoms with Gasteiger partial charge in [0.15, 0.2) is 0 Å². The van der Waals surface area contributed by atoms with E-state index in [1.54, 1.807) is 0 Å². The van der Waals surface area contributed by atoms with Crippen molar-refractivity contribution in [1.29, 1.82) is 0 Å². The molecule has 10 aromatic rings. The third-order valence-corrected chi connectivity index (χ3v) is 11.0. The summed E-state index contributed by atoms with van der Waals surface area (Å²) in [5.74, 6) is 2.41. The van der Waals surface area contributed by atoms with Crippen LogP contribution in [0.3, 0.4) is 0 Å². The van der Waals surface area contributed by atoms with E-state index in [9.17, 15) is 0 Å². The Morgan fingerprint density at radius 1 is 0.566 bits per heavy atom. The maximum atomic E-state index is 6.67. The van der Waals surface area contributed by atoms with Crippen molar-refractivity contribution < 1.29 is 4.74 Å². The minimum Gasteiger partial charge on any atom is -0.457 e. The Labute approximate surface area is 305 Å². The average Bonchev–Trinajstić information content (AvgIpc) is 3.83. The van der Waals surface area contributed by atoms with Gasteiger partial charge >= 0.3 is 0 Å². The Morgan fingerprint density at radius 2 is 1.28 bits per heavy atom. The quantitative estimate of drug-likeness (QED) is 0.173. The highest BCUT2D eigenvalue weighted by molar-refractivity contribution is 6.13. The number of hydrogen-bond donors (Lipinski definition) is 0. The number of imidazole rings is 1. The van der Waals surface area contributed by atoms with E-state index in [0.29, 0.717) is 0 Å². The molecule has 252 valence electrons. The van der Waals surface area contributed by atoms with Gasteiger partial charge in [0, 0.05) is 62.9 Å². The maximum Gasteiger partial charge on any atom is 0.145 e. The van der Waals surface area contributed by atoms with Crippen LogP contribution in [0.25, 0.3) is 54.8 Å². The summed E-state index contributed by atoms with van der Waals surface area (Å²) in [5.41, 5.74) is 9.66. The van der Waals surface area contributed by atoms with Crippen molar-refractivity contribution in [1.82, 2.24) is 18.9 Å². The largest absolute Gasteiger partial charge is 0.457 e. The molecule has 0 fully saturated rings. The summed E-state index contributed by atoms with van der Waals surface area (Å²) in [6, 6.07) is 51.1. The summed E-state index contributed by atoms with van der Waals surface area (Å²) >= 11 is 0. The molecule has 5 heterocycles. The van der Waals surface area contributed by atoms with Gasteiger partial charge in [0.05, 0.1) is 27.9 Å². The molecule has 0 amide bonds. The third kappa shape index (κ3) is 4.26. The first-order valence-corrected chi connectivity index (χ1v) is 18.0. The average molecular weight is 684 g/mol. The van der Waals surface area contributed by atoms with Crippen LogP contribution in [0.15, 0.2) is 164 Å². The number of aromatic nitrogens is 4. The Balaban J connectivity index is 1.10. The van der Waals surface area contributed by atoms with Crippen LogP contribution < -0.4 is 9.64 Å². The monoisotopic (exact) mass is 683 g/mol. The van der Waals surface area contributed by atoms with Crippen molar-refractivity contribution in [3.63, 3.8) is 0 Å². The normalized spacial score (nSPS) is 13.6. The number of hydrogen-bond acceptors (Lipinski definition) is 4. The van der Waals surface area contributed by atoms with Crippen molar-refractivity contribution in [2.24, 2.45) is 0 Å². The Hall–Kier alpha value is -6.92. The lowest BCUT2D eigenvalue weighted by Crippen LogP contribution is -2.32. The van der Waals surface area contributed by atoms with Gasteiger partial charge in [-0.3, -0.25) is 9.30 Å². The molecule has 0 atom stereocenters. The zero-order valence-electron chi connectivity index (χ0n) is 29.2. The molecule has 1 aliphatic heterocycles. The summed E-state index contributed by atoms with van der Waals surface area (Å²) in [5, 5.41) is 5.71. The second-order valence-corrected chi connectivity index (χ2v) is 14.3. The van der Waals surface area contributed by atoms with Crippen molar-refractivity contribution in [3.8, 4) is 17.2 Å². The van der Waals surface area contributed by atoms with E-state index in [4.69, 9.17) is 14.7 Å². The summed E-state index contributed by atoms with van der Waals surface area (Å²) in [6.07, 6.45) is 5.93. The molecule has 0 aliphatic carbocycles. The predicted molar refractivity (Wildman–Crippen MR) is 216 cm³/mol. The number of fused-ring (bicyclic) bond motifs is 12. The number of rotatable bonds is 4. The van der Waals surface area contributed by atoms with Crippen LogP contribution >= 0.6 is 0 Å². The van der Waals surface area contributed by atoms with Gasteiger partial charge < -0.3 is 9.30 Å². The van der Waals surface area contributed by atoms with E-state index in [-0.39, 0.29) is 5.41 Å². The summed E-state index contributed by atoms with van der Waals surface area (Å²) in [7, 11) is 0. The van der Waals surface area contributed by atoms with E-state index < -0.39 is 0 Å². The van der Waals surface area contributed by atoms with Crippen molar-refractivity contribution in [2.75, 3.05) is 4.90 Å². The minimum absolute atomic E-state index is 0.350. The number of anilines is 3.